The maximum absolute atomic E-state index is 13.4. The number of hydrogen-bond acceptors (Lipinski definition) is 4. The summed E-state index contributed by atoms with van der Waals surface area (Å²) in [6.45, 7) is 0. The number of anilines is 1. The molecule has 0 spiro atoms. The number of nitrogens with one attached hydrogen (secondary N) is 1. The molecule has 3 unspecified atom stereocenters. The van der Waals surface area contributed by atoms with Crippen LogP contribution < -0.4 is 10.1 Å². The van der Waals surface area contributed by atoms with Gasteiger partial charge in [0.05, 0.1) is 18.0 Å². The Morgan fingerprint density at radius 1 is 1.06 bits per heavy atom. The molecule has 3 atom stereocenters. The maximum Gasteiger partial charge on any atom is 0.243 e. The highest BCUT2D eigenvalue weighted by atomic mass is 32.2. The van der Waals surface area contributed by atoms with Crippen molar-refractivity contribution in [3.8, 4) is 5.75 Å². The number of benzene rings is 2. The van der Waals surface area contributed by atoms with Gasteiger partial charge in [0.15, 0.2) is 0 Å². The predicted octanol–water partition coefficient (Wildman–Crippen LogP) is 5.47. The SMILES string of the molecule is COc1cccc(C2Nc3ccc(S(=O)(=O)N(C)C4CCCCC4)cc3C3C=CCC32)c1. The Labute approximate surface area is 191 Å². The first-order chi connectivity index (χ1) is 15.5. The van der Waals surface area contributed by atoms with Crippen molar-refractivity contribution in [1.82, 2.24) is 4.31 Å². The van der Waals surface area contributed by atoms with Crippen molar-refractivity contribution in [2.45, 2.75) is 61.4 Å². The fraction of sp³-hybridized carbons (Fsp3) is 0.462. The van der Waals surface area contributed by atoms with Crippen molar-refractivity contribution in [3.05, 3.63) is 65.7 Å². The number of nitrogens with zero attached hydrogens (tertiary/aromatic N) is 1. The van der Waals surface area contributed by atoms with Crippen LogP contribution in [0.15, 0.2) is 59.5 Å². The Kier molecular flexibility index (Phi) is 5.76. The number of rotatable bonds is 5. The van der Waals surface area contributed by atoms with E-state index in [2.05, 4.69) is 29.6 Å². The standard InChI is InChI=1S/C26H32N2O3S/c1-28(19-9-4-3-5-10-19)32(29,30)21-14-15-25-24(17-21)22-12-7-13-23(22)26(27-25)18-8-6-11-20(16-18)31-2/h6-8,11-12,14-17,19,22-23,26-27H,3-5,9-10,13H2,1-2H3. The van der Waals surface area contributed by atoms with Crippen molar-refractivity contribution in [2.75, 3.05) is 19.5 Å². The van der Waals surface area contributed by atoms with Crippen LogP contribution in [-0.4, -0.2) is 32.9 Å². The van der Waals surface area contributed by atoms with E-state index in [0.29, 0.717) is 10.8 Å². The van der Waals surface area contributed by atoms with Crippen LogP contribution in [0.5, 0.6) is 5.75 Å². The molecule has 2 aromatic carbocycles. The summed E-state index contributed by atoms with van der Waals surface area (Å²) in [5.41, 5.74) is 3.30. The monoisotopic (exact) mass is 452 g/mol. The van der Waals surface area contributed by atoms with Crippen LogP contribution in [0, 0.1) is 5.92 Å². The molecule has 1 heterocycles. The molecule has 170 valence electrons. The molecule has 1 fully saturated rings. The molecule has 0 radical (unpaired) electrons. The normalized spacial score (nSPS) is 25.3. The Morgan fingerprint density at radius 3 is 2.66 bits per heavy atom. The summed E-state index contributed by atoms with van der Waals surface area (Å²) in [7, 11) is -0.0710. The van der Waals surface area contributed by atoms with Gasteiger partial charge in [-0.1, -0.05) is 43.5 Å². The second kappa shape index (κ2) is 8.56. The highest BCUT2D eigenvalue weighted by molar-refractivity contribution is 7.89. The van der Waals surface area contributed by atoms with Crippen LogP contribution in [0.2, 0.25) is 0 Å². The Bertz CT molecular complexity index is 1120. The van der Waals surface area contributed by atoms with Crippen molar-refractivity contribution >= 4 is 15.7 Å². The summed E-state index contributed by atoms with van der Waals surface area (Å²) in [6, 6.07) is 14.1. The molecule has 6 heteroatoms. The zero-order valence-electron chi connectivity index (χ0n) is 18.8. The van der Waals surface area contributed by atoms with Gasteiger partial charge in [-0.15, -0.1) is 0 Å². The lowest BCUT2D eigenvalue weighted by Crippen LogP contribution is -2.38. The molecule has 1 aliphatic heterocycles. The van der Waals surface area contributed by atoms with Crippen LogP contribution in [0.1, 0.15) is 61.6 Å². The maximum atomic E-state index is 13.4. The zero-order valence-corrected chi connectivity index (χ0v) is 19.6. The first-order valence-corrected chi connectivity index (χ1v) is 13.1. The number of methoxy groups -OCH3 is 1. The second-order valence-electron chi connectivity index (χ2n) is 9.31. The minimum absolute atomic E-state index is 0.111. The summed E-state index contributed by atoms with van der Waals surface area (Å²) in [4.78, 5) is 0.407. The van der Waals surface area contributed by atoms with Gasteiger partial charge in [-0.3, -0.25) is 0 Å². The van der Waals surface area contributed by atoms with Crippen LogP contribution in [0.25, 0.3) is 0 Å². The summed E-state index contributed by atoms with van der Waals surface area (Å²) in [5.74, 6) is 1.41. The van der Waals surface area contributed by atoms with Gasteiger partial charge in [0.1, 0.15) is 5.75 Å². The molecule has 2 aliphatic carbocycles. The number of allylic oxidation sites excluding steroid dienone is 2. The molecule has 1 saturated carbocycles. The van der Waals surface area contributed by atoms with E-state index >= 15 is 0 Å². The van der Waals surface area contributed by atoms with Gasteiger partial charge in [-0.2, -0.15) is 4.31 Å². The molecule has 0 saturated heterocycles. The van der Waals surface area contributed by atoms with E-state index in [-0.39, 0.29) is 18.0 Å². The number of hydrogen-bond donors (Lipinski definition) is 1. The number of ether oxygens (including phenoxy) is 1. The molecule has 0 aromatic heterocycles. The molecular weight excluding hydrogens is 420 g/mol. The highest BCUT2D eigenvalue weighted by Gasteiger charge is 2.39. The van der Waals surface area contributed by atoms with E-state index in [4.69, 9.17) is 4.74 Å². The lowest BCUT2D eigenvalue weighted by molar-refractivity contribution is 0.286. The van der Waals surface area contributed by atoms with E-state index in [1.807, 2.05) is 24.3 Å². The molecule has 1 N–H and O–H groups in total. The average molecular weight is 453 g/mol. The lowest BCUT2D eigenvalue weighted by atomic mass is 9.77. The first-order valence-electron chi connectivity index (χ1n) is 11.7. The molecule has 0 amide bonds. The third-order valence-corrected chi connectivity index (χ3v) is 9.46. The van der Waals surface area contributed by atoms with Gasteiger partial charge in [0, 0.05) is 24.7 Å². The third kappa shape index (κ3) is 3.73. The van der Waals surface area contributed by atoms with Crippen molar-refractivity contribution in [3.63, 3.8) is 0 Å². The largest absolute Gasteiger partial charge is 0.497 e. The van der Waals surface area contributed by atoms with Gasteiger partial charge >= 0.3 is 0 Å². The molecule has 5 nitrogen and oxygen atoms in total. The molecule has 3 aliphatic rings. The summed E-state index contributed by atoms with van der Waals surface area (Å²) in [6.07, 6.45) is 10.8. The fourth-order valence-electron chi connectivity index (χ4n) is 5.71. The van der Waals surface area contributed by atoms with Gasteiger partial charge < -0.3 is 10.1 Å². The minimum atomic E-state index is -3.51. The zero-order chi connectivity index (χ0) is 22.3. The number of fused-ring (bicyclic) bond motifs is 3. The van der Waals surface area contributed by atoms with Crippen LogP contribution >= 0.6 is 0 Å². The Morgan fingerprint density at radius 2 is 1.88 bits per heavy atom. The van der Waals surface area contributed by atoms with Gasteiger partial charge in [-0.05, 0) is 66.6 Å². The van der Waals surface area contributed by atoms with Crippen molar-refractivity contribution in [2.24, 2.45) is 5.92 Å². The number of sulfonamides is 1. The summed E-state index contributed by atoms with van der Waals surface area (Å²) < 4.78 is 33.9. The van der Waals surface area contributed by atoms with E-state index in [0.717, 1.165) is 49.1 Å². The van der Waals surface area contributed by atoms with E-state index in [1.54, 1.807) is 24.5 Å². The van der Waals surface area contributed by atoms with Crippen molar-refractivity contribution < 1.29 is 13.2 Å². The first kappa shape index (κ1) is 21.5. The lowest BCUT2D eigenvalue weighted by Gasteiger charge is -2.38. The molecule has 0 bridgehead atoms. The van der Waals surface area contributed by atoms with Gasteiger partial charge in [0.2, 0.25) is 10.0 Å². The quantitative estimate of drug-likeness (QED) is 0.611. The highest BCUT2D eigenvalue weighted by Crippen LogP contribution is 2.50. The molecule has 32 heavy (non-hydrogen) atoms. The van der Waals surface area contributed by atoms with Crippen LogP contribution in [0.4, 0.5) is 5.69 Å². The van der Waals surface area contributed by atoms with Crippen molar-refractivity contribution in [1.29, 1.82) is 0 Å². The third-order valence-electron chi connectivity index (χ3n) is 7.55. The molecule has 2 aromatic rings. The Hall–Kier alpha value is -2.31. The fourth-order valence-corrected chi connectivity index (χ4v) is 7.16. The second-order valence-corrected chi connectivity index (χ2v) is 11.3. The smallest absolute Gasteiger partial charge is 0.243 e. The van der Waals surface area contributed by atoms with E-state index in [1.165, 1.54) is 12.0 Å². The van der Waals surface area contributed by atoms with E-state index in [9.17, 15) is 8.42 Å². The average Bonchev–Trinajstić information content (AvgIpc) is 3.33. The summed E-state index contributed by atoms with van der Waals surface area (Å²) >= 11 is 0. The van der Waals surface area contributed by atoms with Crippen LogP contribution in [0.3, 0.4) is 0 Å². The Balaban J connectivity index is 1.47. The summed E-state index contributed by atoms with van der Waals surface area (Å²) in [5, 5.41) is 3.70. The topological polar surface area (TPSA) is 58.6 Å². The minimum Gasteiger partial charge on any atom is -0.497 e. The van der Waals surface area contributed by atoms with E-state index < -0.39 is 10.0 Å². The predicted molar refractivity (Wildman–Crippen MR) is 128 cm³/mol. The van der Waals surface area contributed by atoms with Gasteiger partial charge in [-0.25, -0.2) is 8.42 Å². The van der Waals surface area contributed by atoms with Crippen LogP contribution in [-0.2, 0) is 10.0 Å². The van der Waals surface area contributed by atoms with Gasteiger partial charge in [0.25, 0.3) is 0 Å². The molecular formula is C26H32N2O3S. The molecule has 5 rings (SSSR count).